The van der Waals surface area contributed by atoms with Crippen LogP contribution in [0.15, 0.2) is 0 Å². The number of sulfonamides is 1. The molecule has 5 rings (SSSR count). The molecule has 0 aromatic carbocycles. The van der Waals surface area contributed by atoms with Gasteiger partial charge in [-0.05, 0) is 100 Å². The number of halogens is 5. The van der Waals surface area contributed by atoms with E-state index in [-0.39, 0.29) is 55.8 Å². The number of methoxy groups -OCH3 is 1. The highest BCUT2D eigenvalue weighted by Gasteiger charge is 2.56. The molecule has 0 amide bonds. The molecule has 2 heterocycles. The lowest BCUT2D eigenvalue weighted by Gasteiger charge is -2.60. The van der Waals surface area contributed by atoms with Gasteiger partial charge in [0, 0.05) is 32.3 Å². The largest absolute Gasteiger partial charge is 0.393 e. The van der Waals surface area contributed by atoms with Crippen LogP contribution in [0.25, 0.3) is 0 Å². The Morgan fingerprint density at radius 3 is 2.20 bits per heavy atom. The van der Waals surface area contributed by atoms with E-state index in [0.29, 0.717) is 44.1 Å². The summed E-state index contributed by atoms with van der Waals surface area (Å²) >= 11 is 0. The SMILES string of the molecule is COC[C@@H]1[C@@H](C2CCC(C3CCC(F)C(F)C3C)CC2)C2CN(S(=O)(=O)C3CCCCC3C(F)(F)F)CCCCN21. The van der Waals surface area contributed by atoms with Crippen molar-refractivity contribution in [2.45, 2.75) is 120 Å². The summed E-state index contributed by atoms with van der Waals surface area (Å²) in [5.74, 6) is -0.915. The summed E-state index contributed by atoms with van der Waals surface area (Å²) in [6.07, 6.45) is -0.0677. The van der Waals surface area contributed by atoms with Gasteiger partial charge in [-0.1, -0.05) is 19.8 Å². The van der Waals surface area contributed by atoms with Gasteiger partial charge in [-0.15, -0.1) is 0 Å². The van der Waals surface area contributed by atoms with Crippen molar-refractivity contribution in [3.63, 3.8) is 0 Å². The molecule has 3 saturated carbocycles. The topological polar surface area (TPSA) is 49.9 Å². The molecule has 0 aromatic rings. The highest BCUT2D eigenvalue weighted by atomic mass is 32.2. The molecule has 0 bridgehead atoms. The van der Waals surface area contributed by atoms with Crippen molar-refractivity contribution in [2.24, 2.45) is 35.5 Å². The molecule has 0 aromatic heterocycles. The molecule has 3 aliphatic carbocycles. The quantitative estimate of drug-likeness (QED) is 0.327. The molecule has 0 spiro atoms. The third kappa shape index (κ3) is 6.35. The second-order valence-corrected chi connectivity index (χ2v) is 15.9. The van der Waals surface area contributed by atoms with E-state index in [2.05, 4.69) is 4.90 Å². The number of rotatable bonds is 6. The Morgan fingerprint density at radius 1 is 0.854 bits per heavy atom. The lowest BCUT2D eigenvalue weighted by Crippen LogP contribution is -2.71. The molecule has 9 atom stereocenters. The van der Waals surface area contributed by atoms with Crippen LogP contribution >= 0.6 is 0 Å². The molecule has 0 N–H and O–H groups in total. The summed E-state index contributed by atoms with van der Waals surface area (Å²) < 4.78 is 105. The fraction of sp³-hybridized carbons (Fsp3) is 1.00. The summed E-state index contributed by atoms with van der Waals surface area (Å²) in [4.78, 5) is 2.35. The Kier molecular flexibility index (Phi) is 9.99. The van der Waals surface area contributed by atoms with Gasteiger partial charge in [0.05, 0.1) is 17.8 Å². The van der Waals surface area contributed by atoms with Crippen LogP contribution in [0.1, 0.15) is 84.0 Å². The number of ether oxygens (including phenoxy) is 1. The average molecular weight is 613 g/mol. The van der Waals surface area contributed by atoms with Crippen molar-refractivity contribution in [1.29, 1.82) is 0 Å². The van der Waals surface area contributed by atoms with Crippen LogP contribution in [0.5, 0.6) is 0 Å². The summed E-state index contributed by atoms with van der Waals surface area (Å²) in [7, 11) is -2.43. The predicted molar refractivity (Wildman–Crippen MR) is 148 cm³/mol. The van der Waals surface area contributed by atoms with Gasteiger partial charge in [-0.25, -0.2) is 21.5 Å². The van der Waals surface area contributed by atoms with Crippen LogP contribution in [0.2, 0.25) is 0 Å². The summed E-state index contributed by atoms with van der Waals surface area (Å²) in [6.45, 7) is 3.77. The lowest BCUT2D eigenvalue weighted by atomic mass is 9.61. The van der Waals surface area contributed by atoms with E-state index in [4.69, 9.17) is 4.74 Å². The first-order chi connectivity index (χ1) is 19.4. The van der Waals surface area contributed by atoms with Gasteiger partial charge in [-0.2, -0.15) is 13.2 Å². The van der Waals surface area contributed by atoms with Crippen molar-refractivity contribution >= 4 is 10.0 Å². The van der Waals surface area contributed by atoms with E-state index in [1.807, 2.05) is 6.92 Å². The van der Waals surface area contributed by atoms with Crippen molar-refractivity contribution in [2.75, 3.05) is 33.4 Å². The second-order valence-electron chi connectivity index (χ2n) is 13.7. The minimum Gasteiger partial charge on any atom is -0.383 e. The van der Waals surface area contributed by atoms with E-state index in [9.17, 15) is 30.4 Å². The summed E-state index contributed by atoms with van der Waals surface area (Å²) in [6, 6.07) is 0.138. The van der Waals surface area contributed by atoms with Gasteiger partial charge in [0.25, 0.3) is 0 Å². The van der Waals surface area contributed by atoms with Gasteiger partial charge in [-0.3, -0.25) is 4.90 Å². The minimum atomic E-state index is -4.52. The first-order valence-corrected chi connectivity index (χ1v) is 17.5. The van der Waals surface area contributed by atoms with Gasteiger partial charge in [0.15, 0.2) is 0 Å². The normalized spacial score (nSPS) is 43.9. The highest BCUT2D eigenvalue weighted by molar-refractivity contribution is 7.89. The van der Waals surface area contributed by atoms with Crippen LogP contribution in [0.3, 0.4) is 0 Å². The molecule has 5 aliphatic rings. The van der Waals surface area contributed by atoms with Crippen LogP contribution in [0, 0.1) is 35.5 Å². The summed E-state index contributed by atoms with van der Waals surface area (Å²) in [5, 5.41) is -1.39. The van der Waals surface area contributed by atoms with Crippen LogP contribution in [-0.4, -0.2) is 86.8 Å². The fourth-order valence-corrected chi connectivity index (χ4v) is 11.8. The minimum absolute atomic E-state index is 0.0316. The molecule has 238 valence electrons. The zero-order valence-electron chi connectivity index (χ0n) is 24.6. The first-order valence-electron chi connectivity index (χ1n) is 16.0. The summed E-state index contributed by atoms with van der Waals surface area (Å²) in [5.41, 5.74) is 0. The standard InChI is InChI=1S/C30H49F5N2O3S/c1-19-22(13-14-24(31)29(19)32)20-9-11-21(12-10-20)28-25-17-36(15-5-6-16-37(25)26(28)18-40-2)41(38,39)27-8-4-3-7-23(27)30(33,34)35/h19-29H,3-18H2,1-2H3/t19?,20?,21?,22?,23?,24?,25?,26-,27?,28+,29?/m1/s1. The maximum absolute atomic E-state index is 14.5. The van der Waals surface area contributed by atoms with Crippen LogP contribution in [0.4, 0.5) is 22.0 Å². The van der Waals surface area contributed by atoms with Crippen molar-refractivity contribution < 1.29 is 35.1 Å². The molecule has 5 fully saturated rings. The maximum atomic E-state index is 14.5. The maximum Gasteiger partial charge on any atom is 0.393 e. The molecule has 0 radical (unpaired) electrons. The third-order valence-electron chi connectivity index (χ3n) is 11.7. The number of hydrogen-bond acceptors (Lipinski definition) is 4. The number of fused-ring (bicyclic) bond motifs is 1. The molecule has 7 unspecified atom stereocenters. The van der Waals surface area contributed by atoms with Crippen molar-refractivity contribution in [1.82, 2.24) is 9.21 Å². The molecule has 41 heavy (non-hydrogen) atoms. The Hall–Kier alpha value is -0.520. The number of alkyl halides is 5. The molecular formula is C30H49F5N2O3S. The zero-order valence-corrected chi connectivity index (χ0v) is 25.4. The van der Waals surface area contributed by atoms with Gasteiger partial charge < -0.3 is 4.74 Å². The van der Waals surface area contributed by atoms with E-state index >= 15 is 0 Å². The lowest BCUT2D eigenvalue weighted by molar-refractivity contribution is -0.180. The van der Waals surface area contributed by atoms with Crippen molar-refractivity contribution in [3.8, 4) is 0 Å². The Bertz CT molecular complexity index is 976. The van der Waals surface area contributed by atoms with Crippen molar-refractivity contribution in [3.05, 3.63) is 0 Å². The molecular weight excluding hydrogens is 563 g/mol. The Balaban J connectivity index is 1.30. The molecule has 2 aliphatic heterocycles. The number of hydrogen-bond donors (Lipinski definition) is 0. The van der Waals surface area contributed by atoms with E-state index in [1.54, 1.807) is 7.11 Å². The zero-order chi connectivity index (χ0) is 29.5. The smallest absolute Gasteiger partial charge is 0.383 e. The fourth-order valence-electron chi connectivity index (χ4n) is 9.50. The average Bonchev–Trinajstić information content (AvgIpc) is 2.92. The Morgan fingerprint density at radius 2 is 1.51 bits per heavy atom. The predicted octanol–water partition coefficient (Wildman–Crippen LogP) is 6.38. The van der Waals surface area contributed by atoms with Crippen LogP contribution < -0.4 is 0 Å². The molecule has 5 nitrogen and oxygen atoms in total. The van der Waals surface area contributed by atoms with E-state index in [1.165, 1.54) is 4.31 Å². The van der Waals surface area contributed by atoms with Crippen LogP contribution in [-0.2, 0) is 14.8 Å². The van der Waals surface area contributed by atoms with Gasteiger partial charge in [0.1, 0.15) is 12.3 Å². The Labute approximate surface area is 243 Å². The first kappa shape index (κ1) is 31.9. The van der Waals surface area contributed by atoms with E-state index < -0.39 is 39.7 Å². The van der Waals surface area contributed by atoms with Gasteiger partial charge >= 0.3 is 6.18 Å². The molecule has 11 heteroatoms. The highest BCUT2D eigenvalue weighted by Crippen LogP contribution is 2.50. The third-order valence-corrected chi connectivity index (χ3v) is 14.1. The second kappa shape index (κ2) is 12.8. The monoisotopic (exact) mass is 612 g/mol. The molecule has 2 saturated heterocycles. The van der Waals surface area contributed by atoms with E-state index in [0.717, 1.165) is 45.1 Å². The van der Waals surface area contributed by atoms with Gasteiger partial charge in [0.2, 0.25) is 10.0 Å². The number of nitrogens with zero attached hydrogens (tertiary/aromatic N) is 2.